The lowest BCUT2D eigenvalue weighted by Crippen LogP contribution is -2.41. The molecule has 76 valence electrons. The molecule has 0 aromatic rings. The second-order valence-corrected chi connectivity index (χ2v) is 2.29. The average Bonchev–Trinajstić information content (AvgIpc) is 2.11. The third-order valence-electron chi connectivity index (χ3n) is 1.23. The van der Waals surface area contributed by atoms with Gasteiger partial charge in [0.15, 0.2) is 6.10 Å². The maximum atomic E-state index is 10.9. The summed E-state index contributed by atoms with van der Waals surface area (Å²) in [6.45, 7) is -1.92. The molecule has 6 nitrogen and oxygen atoms in total. The van der Waals surface area contributed by atoms with E-state index < -0.39 is 37.2 Å². The van der Waals surface area contributed by atoms with Crippen molar-refractivity contribution in [2.75, 3.05) is 13.2 Å². The first-order valence-corrected chi connectivity index (χ1v) is 3.49. The van der Waals surface area contributed by atoms with Crippen LogP contribution in [0.1, 0.15) is 8.29 Å². The fourth-order valence-corrected chi connectivity index (χ4v) is 0.673. The van der Waals surface area contributed by atoms with Crippen molar-refractivity contribution in [1.29, 1.82) is 0 Å². The summed E-state index contributed by atoms with van der Waals surface area (Å²) in [4.78, 5) is 21.4. The zero-order valence-corrected chi connectivity index (χ0v) is 7.01. The summed E-state index contributed by atoms with van der Waals surface area (Å²) in [6.07, 6.45) is -3.57. The van der Waals surface area contributed by atoms with Crippen LogP contribution in [0.5, 0.6) is 0 Å². The molecule has 3 atom stereocenters. The highest BCUT2D eigenvalue weighted by Crippen LogP contribution is 2.01. The number of hydrogen-bond donors (Lipinski definition) is 3. The molecule has 13 heavy (non-hydrogen) atoms. The Morgan fingerprint density at radius 1 is 1.54 bits per heavy atom. The second-order valence-electron chi connectivity index (χ2n) is 2.29. The van der Waals surface area contributed by atoms with E-state index in [9.17, 15) is 9.59 Å². The van der Waals surface area contributed by atoms with Crippen LogP contribution in [0.4, 0.5) is 0 Å². The van der Waals surface area contributed by atoms with Crippen molar-refractivity contribution in [3.63, 3.8) is 0 Å². The molecule has 0 bridgehead atoms. The predicted octanol–water partition coefficient (Wildman–Crippen LogP) is -2.17. The Hall–Kier alpha value is -0.980. The zero-order chi connectivity index (χ0) is 11.3. The van der Waals surface area contributed by atoms with Crippen molar-refractivity contribution < 1.29 is 31.0 Å². The van der Waals surface area contributed by atoms with Gasteiger partial charge in [0.2, 0.25) is 5.78 Å². The summed E-state index contributed by atoms with van der Waals surface area (Å²) >= 11 is 0. The number of rotatable bonds is 5. The van der Waals surface area contributed by atoms with Crippen LogP contribution in [0.25, 0.3) is 0 Å². The van der Waals surface area contributed by atoms with Crippen LogP contribution in [-0.4, -0.2) is 52.5 Å². The lowest BCUT2D eigenvalue weighted by molar-refractivity contribution is -0.162. The number of aliphatic hydroxyl groups is 3. The molecule has 0 aliphatic rings. The van der Waals surface area contributed by atoms with Crippen molar-refractivity contribution in [1.82, 2.24) is 0 Å². The highest BCUT2D eigenvalue weighted by molar-refractivity contribution is 5.86. The summed E-state index contributed by atoms with van der Waals surface area (Å²) in [7, 11) is 0. The van der Waals surface area contributed by atoms with Crippen LogP contribution < -0.4 is 0 Å². The second kappa shape index (κ2) is 5.63. The molecule has 0 aliphatic heterocycles. The van der Waals surface area contributed by atoms with Crippen molar-refractivity contribution in [3.05, 3.63) is 0 Å². The number of hydrogen-bond acceptors (Lipinski definition) is 6. The minimum Gasteiger partial charge on any atom is -0.452 e. The van der Waals surface area contributed by atoms with Gasteiger partial charge in [-0.25, -0.2) is 0 Å². The lowest BCUT2D eigenvalue weighted by Gasteiger charge is -2.18. The van der Waals surface area contributed by atoms with Crippen LogP contribution in [0.2, 0.25) is 0 Å². The number of esters is 1. The van der Waals surface area contributed by atoms with Gasteiger partial charge in [-0.15, -0.1) is 0 Å². The van der Waals surface area contributed by atoms with E-state index in [0.29, 0.717) is 0 Å². The van der Waals surface area contributed by atoms with E-state index in [4.69, 9.17) is 16.7 Å². The van der Waals surface area contributed by atoms with Crippen molar-refractivity contribution in [2.24, 2.45) is 0 Å². The van der Waals surface area contributed by atoms with E-state index >= 15 is 0 Å². The van der Waals surface area contributed by atoms with Crippen molar-refractivity contribution in [3.8, 4) is 0 Å². The number of ether oxygens (including phenoxy) is 1. The Morgan fingerprint density at radius 2 is 2.08 bits per heavy atom. The minimum absolute atomic E-state index is 0.850. The molecule has 0 heterocycles. The van der Waals surface area contributed by atoms with Crippen LogP contribution in [0.15, 0.2) is 0 Å². The molecule has 0 fully saturated rings. The Bertz CT molecular complexity index is 216. The van der Waals surface area contributed by atoms with Crippen molar-refractivity contribution in [2.45, 2.75) is 19.1 Å². The Balaban J connectivity index is 4.54. The maximum Gasteiger partial charge on any atom is 0.303 e. The minimum atomic E-state index is -1.98. The Kier molecular flexibility index (Phi) is 4.37. The molecular formula is C7H12O6. The smallest absolute Gasteiger partial charge is 0.303 e. The van der Waals surface area contributed by atoms with Gasteiger partial charge in [-0.2, -0.15) is 0 Å². The molecule has 0 saturated carbocycles. The normalized spacial score (nSPS) is 18.3. The van der Waals surface area contributed by atoms with Gasteiger partial charge in [-0.05, 0) is 0 Å². The summed E-state index contributed by atoms with van der Waals surface area (Å²) in [5.41, 5.74) is 0. The standard InChI is InChI=1S/C7H12O6/c1-4(10)13-7(5(11)2-8)6(12)3-9/h5,7-9,11H,2-3H2,1H3/t5-,7+/m1/s1/i2D/t2?,5-,7+. The molecule has 0 amide bonds. The zero-order valence-electron chi connectivity index (χ0n) is 8.01. The first-order chi connectivity index (χ1) is 6.40. The highest BCUT2D eigenvalue weighted by atomic mass is 16.6. The topological polar surface area (TPSA) is 104 Å². The van der Waals surface area contributed by atoms with Gasteiger partial charge in [0, 0.05) is 6.92 Å². The number of ketones is 1. The quantitative estimate of drug-likeness (QED) is 0.429. The van der Waals surface area contributed by atoms with E-state index in [1.54, 1.807) is 0 Å². The molecule has 3 N–H and O–H groups in total. The van der Waals surface area contributed by atoms with Gasteiger partial charge in [-0.3, -0.25) is 9.59 Å². The molecule has 1 unspecified atom stereocenters. The van der Waals surface area contributed by atoms with E-state index in [0.717, 1.165) is 6.92 Å². The van der Waals surface area contributed by atoms with Gasteiger partial charge in [0.1, 0.15) is 12.7 Å². The first kappa shape index (κ1) is 10.1. The lowest BCUT2D eigenvalue weighted by atomic mass is 10.1. The molecule has 0 aromatic heterocycles. The molecular weight excluding hydrogens is 180 g/mol. The highest BCUT2D eigenvalue weighted by Gasteiger charge is 2.28. The summed E-state index contributed by atoms with van der Waals surface area (Å²) < 4.78 is 11.1. The van der Waals surface area contributed by atoms with Gasteiger partial charge in [-0.1, -0.05) is 0 Å². The number of Topliss-reactive ketones (excluding diaryl/α,β-unsaturated/α-hetero) is 1. The number of carbonyl (C=O) groups is 2. The molecule has 0 spiro atoms. The molecule has 0 radical (unpaired) electrons. The van der Waals surface area contributed by atoms with Gasteiger partial charge in [0.05, 0.1) is 7.95 Å². The van der Waals surface area contributed by atoms with Crippen LogP contribution >= 0.6 is 0 Å². The fourth-order valence-electron chi connectivity index (χ4n) is 0.673. The maximum absolute atomic E-state index is 10.9. The summed E-state index contributed by atoms with van der Waals surface area (Å²) in [6, 6.07) is 0. The average molecular weight is 193 g/mol. The third kappa shape index (κ3) is 3.97. The molecule has 0 saturated heterocycles. The van der Waals surface area contributed by atoms with E-state index in [-0.39, 0.29) is 0 Å². The molecule has 0 aromatic carbocycles. The van der Waals surface area contributed by atoms with E-state index in [1.807, 2.05) is 0 Å². The number of aliphatic hydroxyl groups excluding tert-OH is 3. The van der Waals surface area contributed by atoms with E-state index in [2.05, 4.69) is 4.74 Å². The Morgan fingerprint density at radius 3 is 2.38 bits per heavy atom. The van der Waals surface area contributed by atoms with Gasteiger partial charge in [0.25, 0.3) is 0 Å². The van der Waals surface area contributed by atoms with Crippen LogP contribution in [-0.2, 0) is 14.3 Å². The van der Waals surface area contributed by atoms with Gasteiger partial charge < -0.3 is 20.1 Å². The van der Waals surface area contributed by atoms with Gasteiger partial charge >= 0.3 is 5.97 Å². The van der Waals surface area contributed by atoms with Crippen LogP contribution in [0, 0.1) is 0 Å². The predicted molar refractivity (Wildman–Crippen MR) is 40.7 cm³/mol. The molecule has 6 heteroatoms. The summed E-state index contributed by atoms with van der Waals surface area (Å²) in [5.74, 6) is -1.82. The molecule has 0 aliphatic carbocycles. The Labute approximate surface area is 76.2 Å². The summed E-state index contributed by atoms with van der Waals surface area (Å²) in [5, 5.41) is 26.2. The largest absolute Gasteiger partial charge is 0.452 e. The third-order valence-corrected chi connectivity index (χ3v) is 1.23. The first-order valence-electron chi connectivity index (χ1n) is 4.07. The number of carbonyl (C=O) groups excluding carboxylic acids is 2. The fraction of sp³-hybridized carbons (Fsp3) is 0.714. The van der Waals surface area contributed by atoms with Crippen molar-refractivity contribution >= 4 is 11.8 Å². The molecule has 0 rings (SSSR count). The van der Waals surface area contributed by atoms with E-state index in [1.165, 1.54) is 0 Å². The monoisotopic (exact) mass is 193 g/mol. The van der Waals surface area contributed by atoms with Crippen LogP contribution in [0.3, 0.4) is 0 Å². The SMILES string of the molecule is [2H]C(O)[C@@H](O)[C@H](OC(C)=O)C(=O)CO.